The largest absolute Gasteiger partial charge is 0.354 e. The van der Waals surface area contributed by atoms with E-state index in [-0.39, 0.29) is 24.2 Å². The number of nitrogens with two attached hydrogens (primary N) is 1. The van der Waals surface area contributed by atoms with Crippen LogP contribution in [0.2, 0.25) is 0 Å². The zero-order valence-corrected chi connectivity index (χ0v) is 13.8. The van der Waals surface area contributed by atoms with E-state index in [1.54, 1.807) is 4.90 Å². The molecule has 6 heteroatoms. The number of nitrogens with one attached hydrogen (secondary N) is 1. The number of carbonyl (C=O) groups excluding carboxylic acids is 2. The van der Waals surface area contributed by atoms with Crippen LogP contribution in [0.4, 0.5) is 5.69 Å². The van der Waals surface area contributed by atoms with E-state index >= 15 is 0 Å². The molecular weight excluding hydrogens is 334 g/mol. The molecule has 1 saturated heterocycles. The van der Waals surface area contributed by atoms with E-state index in [0.717, 1.165) is 10.2 Å². The summed E-state index contributed by atoms with van der Waals surface area (Å²) in [6, 6.07) is 7.52. The summed E-state index contributed by atoms with van der Waals surface area (Å²) >= 11 is 3.39. The summed E-state index contributed by atoms with van der Waals surface area (Å²) < 4.78 is 0.908. The summed E-state index contributed by atoms with van der Waals surface area (Å²) in [5, 5.41) is 2.82. The van der Waals surface area contributed by atoms with Gasteiger partial charge in [-0.05, 0) is 32.0 Å². The number of halogens is 1. The molecule has 1 aromatic carbocycles. The predicted octanol–water partition coefficient (Wildman–Crippen LogP) is 1.66. The van der Waals surface area contributed by atoms with E-state index in [0.29, 0.717) is 13.1 Å². The van der Waals surface area contributed by atoms with Crippen LogP contribution in [0.15, 0.2) is 28.7 Å². The Bertz CT molecular complexity index is 554. The van der Waals surface area contributed by atoms with Crippen molar-refractivity contribution in [2.45, 2.75) is 25.8 Å². The van der Waals surface area contributed by atoms with Crippen molar-refractivity contribution in [1.29, 1.82) is 0 Å². The van der Waals surface area contributed by atoms with E-state index in [1.807, 2.05) is 38.1 Å². The third kappa shape index (κ3) is 4.28. The van der Waals surface area contributed by atoms with Crippen LogP contribution in [-0.2, 0) is 9.59 Å². The Morgan fingerprint density at radius 1 is 1.52 bits per heavy atom. The lowest BCUT2D eigenvalue weighted by atomic mass is 10.1. The lowest BCUT2D eigenvalue weighted by Crippen LogP contribution is -2.46. The van der Waals surface area contributed by atoms with Gasteiger partial charge in [0, 0.05) is 35.2 Å². The van der Waals surface area contributed by atoms with Gasteiger partial charge >= 0.3 is 0 Å². The number of nitrogens with zero attached hydrogens (tertiary/aromatic N) is 1. The topological polar surface area (TPSA) is 75.4 Å². The minimum atomic E-state index is -0.456. The van der Waals surface area contributed by atoms with Gasteiger partial charge in [-0.1, -0.05) is 22.0 Å². The van der Waals surface area contributed by atoms with Crippen LogP contribution >= 0.6 is 15.9 Å². The zero-order chi connectivity index (χ0) is 15.6. The Balaban J connectivity index is 2.01. The summed E-state index contributed by atoms with van der Waals surface area (Å²) in [5.74, 6) is -0.460. The van der Waals surface area contributed by atoms with Gasteiger partial charge in [0.1, 0.15) is 0 Å². The zero-order valence-electron chi connectivity index (χ0n) is 12.2. The molecule has 3 N–H and O–H groups in total. The Labute approximate surface area is 133 Å². The highest BCUT2D eigenvalue weighted by molar-refractivity contribution is 9.10. The van der Waals surface area contributed by atoms with Crippen molar-refractivity contribution in [3.8, 4) is 0 Å². The molecule has 5 nitrogen and oxygen atoms in total. The van der Waals surface area contributed by atoms with Gasteiger partial charge in [0.15, 0.2) is 0 Å². The first-order valence-electron chi connectivity index (χ1n) is 6.89. The highest BCUT2D eigenvalue weighted by Gasteiger charge is 2.35. The standard InChI is InChI=1S/C15H20BrN3O2/c1-15(2,17)9-18-14(21)10-6-13(20)19(8-10)12-5-3-4-11(16)7-12/h3-5,7,10H,6,8-9,17H2,1-2H3,(H,18,21). The quantitative estimate of drug-likeness (QED) is 0.864. The van der Waals surface area contributed by atoms with Crippen LogP contribution in [0.3, 0.4) is 0 Å². The van der Waals surface area contributed by atoms with Crippen LogP contribution in [0, 0.1) is 5.92 Å². The molecule has 1 aromatic rings. The number of rotatable bonds is 4. The Kier molecular flexibility index (Phi) is 4.68. The second-order valence-corrected chi connectivity index (χ2v) is 7.01. The van der Waals surface area contributed by atoms with Gasteiger partial charge in [0.25, 0.3) is 0 Å². The Morgan fingerprint density at radius 3 is 2.86 bits per heavy atom. The maximum Gasteiger partial charge on any atom is 0.227 e. The lowest BCUT2D eigenvalue weighted by Gasteiger charge is -2.21. The van der Waals surface area contributed by atoms with Crippen molar-refractivity contribution in [3.05, 3.63) is 28.7 Å². The first-order chi connectivity index (χ1) is 9.76. The first-order valence-corrected chi connectivity index (χ1v) is 7.68. The number of benzene rings is 1. The summed E-state index contributed by atoms with van der Waals surface area (Å²) in [6.07, 6.45) is 0.239. The molecule has 0 aromatic heterocycles. The van der Waals surface area contributed by atoms with Crippen LogP contribution in [0.5, 0.6) is 0 Å². The molecular formula is C15H20BrN3O2. The molecule has 0 bridgehead atoms. The number of carbonyl (C=O) groups is 2. The molecule has 0 saturated carbocycles. The third-order valence-corrected chi connectivity index (χ3v) is 3.83. The van der Waals surface area contributed by atoms with E-state index in [1.165, 1.54) is 0 Å². The predicted molar refractivity (Wildman–Crippen MR) is 85.9 cm³/mol. The molecule has 1 aliphatic rings. The average Bonchev–Trinajstić information content (AvgIpc) is 2.77. The molecule has 2 rings (SSSR count). The molecule has 1 heterocycles. The van der Waals surface area contributed by atoms with Gasteiger partial charge in [-0.2, -0.15) is 0 Å². The minimum absolute atomic E-state index is 0.0275. The van der Waals surface area contributed by atoms with Crippen molar-refractivity contribution in [1.82, 2.24) is 5.32 Å². The lowest BCUT2D eigenvalue weighted by molar-refractivity contribution is -0.126. The maximum absolute atomic E-state index is 12.1. The third-order valence-electron chi connectivity index (χ3n) is 3.33. The smallest absolute Gasteiger partial charge is 0.227 e. The fourth-order valence-electron chi connectivity index (χ4n) is 2.24. The van der Waals surface area contributed by atoms with Crippen molar-refractivity contribution in [2.75, 3.05) is 18.0 Å². The summed E-state index contributed by atoms with van der Waals surface area (Å²) in [7, 11) is 0. The summed E-state index contributed by atoms with van der Waals surface area (Å²) in [5.41, 5.74) is 6.20. The highest BCUT2D eigenvalue weighted by Crippen LogP contribution is 2.27. The van der Waals surface area contributed by atoms with Gasteiger partial charge in [-0.15, -0.1) is 0 Å². The SMILES string of the molecule is CC(C)(N)CNC(=O)C1CC(=O)N(c2cccc(Br)c2)C1. The number of anilines is 1. The number of amides is 2. The number of hydrogen-bond donors (Lipinski definition) is 2. The minimum Gasteiger partial charge on any atom is -0.354 e. The van der Waals surface area contributed by atoms with Crippen LogP contribution < -0.4 is 16.0 Å². The molecule has 0 spiro atoms. The van der Waals surface area contributed by atoms with Gasteiger partial charge in [-0.3, -0.25) is 9.59 Å². The van der Waals surface area contributed by atoms with Crippen molar-refractivity contribution < 1.29 is 9.59 Å². The average molecular weight is 354 g/mol. The molecule has 0 aliphatic carbocycles. The Hall–Kier alpha value is -1.40. The number of hydrogen-bond acceptors (Lipinski definition) is 3. The van der Waals surface area contributed by atoms with Crippen LogP contribution in [-0.4, -0.2) is 30.4 Å². The van der Waals surface area contributed by atoms with Crippen LogP contribution in [0.1, 0.15) is 20.3 Å². The highest BCUT2D eigenvalue weighted by atomic mass is 79.9. The Morgan fingerprint density at radius 2 is 2.24 bits per heavy atom. The monoisotopic (exact) mass is 353 g/mol. The van der Waals surface area contributed by atoms with Crippen molar-refractivity contribution in [3.63, 3.8) is 0 Å². The van der Waals surface area contributed by atoms with Crippen molar-refractivity contribution >= 4 is 33.4 Å². The molecule has 2 amide bonds. The summed E-state index contributed by atoms with van der Waals surface area (Å²) in [4.78, 5) is 25.9. The molecule has 1 fully saturated rings. The second kappa shape index (κ2) is 6.15. The van der Waals surface area contributed by atoms with E-state index < -0.39 is 5.54 Å². The fraction of sp³-hybridized carbons (Fsp3) is 0.467. The molecule has 21 heavy (non-hydrogen) atoms. The first kappa shape index (κ1) is 16.0. The maximum atomic E-state index is 12.1. The van der Waals surface area contributed by atoms with Crippen LogP contribution in [0.25, 0.3) is 0 Å². The van der Waals surface area contributed by atoms with Gasteiger partial charge in [-0.25, -0.2) is 0 Å². The molecule has 0 radical (unpaired) electrons. The van der Waals surface area contributed by atoms with Gasteiger partial charge < -0.3 is 16.0 Å². The second-order valence-electron chi connectivity index (χ2n) is 6.09. The van der Waals surface area contributed by atoms with E-state index in [2.05, 4.69) is 21.2 Å². The van der Waals surface area contributed by atoms with E-state index in [9.17, 15) is 9.59 Å². The van der Waals surface area contributed by atoms with Gasteiger partial charge in [0.05, 0.1) is 5.92 Å². The molecule has 114 valence electrons. The van der Waals surface area contributed by atoms with E-state index in [4.69, 9.17) is 5.73 Å². The molecule has 1 atom stereocenters. The fourth-order valence-corrected chi connectivity index (χ4v) is 2.62. The molecule has 1 aliphatic heterocycles. The normalized spacial score (nSPS) is 19.0. The van der Waals surface area contributed by atoms with Crippen molar-refractivity contribution in [2.24, 2.45) is 11.7 Å². The molecule has 1 unspecified atom stereocenters. The summed E-state index contributed by atoms with van der Waals surface area (Å²) in [6.45, 7) is 4.50. The van der Waals surface area contributed by atoms with Gasteiger partial charge in [0.2, 0.25) is 11.8 Å².